The summed E-state index contributed by atoms with van der Waals surface area (Å²) < 4.78 is 31.9. The maximum atomic E-state index is 14.8. The first-order valence-corrected chi connectivity index (χ1v) is 10.7. The number of aromatic nitrogens is 2. The number of hydrogen-bond acceptors (Lipinski definition) is 6. The van der Waals surface area contributed by atoms with Gasteiger partial charge in [-0.3, -0.25) is 9.88 Å². The number of hydrogen-bond donors (Lipinski definition) is 0. The largest absolute Gasteiger partial charge is 0.493 e. The van der Waals surface area contributed by atoms with E-state index in [2.05, 4.69) is 21.8 Å². The van der Waals surface area contributed by atoms with Crippen LogP contribution < -0.4 is 14.2 Å². The van der Waals surface area contributed by atoms with Crippen LogP contribution >= 0.6 is 0 Å². The van der Waals surface area contributed by atoms with E-state index in [-0.39, 0.29) is 11.9 Å². The Morgan fingerprint density at radius 2 is 1.87 bits per heavy atom. The van der Waals surface area contributed by atoms with Crippen LogP contribution in [0.2, 0.25) is 0 Å². The molecule has 0 unspecified atom stereocenters. The number of aryl methyl sites for hydroxylation is 2. The minimum Gasteiger partial charge on any atom is -0.493 e. The lowest BCUT2D eigenvalue weighted by Gasteiger charge is -2.41. The molecule has 30 heavy (non-hydrogen) atoms. The Bertz CT molecular complexity index is 887. The van der Waals surface area contributed by atoms with E-state index in [4.69, 9.17) is 14.2 Å². The summed E-state index contributed by atoms with van der Waals surface area (Å²) in [6.45, 7) is 10.5. The first-order valence-electron chi connectivity index (χ1n) is 10.7. The van der Waals surface area contributed by atoms with Gasteiger partial charge < -0.3 is 14.2 Å². The molecule has 0 spiro atoms. The normalized spacial score (nSPS) is 22.6. The molecule has 1 saturated heterocycles. The zero-order chi connectivity index (χ0) is 21.3. The molecule has 7 heteroatoms. The Balaban J connectivity index is 1.45. The molecule has 162 valence electrons. The molecule has 0 bridgehead atoms. The highest BCUT2D eigenvalue weighted by atomic mass is 19.1. The molecule has 4 rings (SSSR count). The third-order valence-electron chi connectivity index (χ3n) is 5.98. The summed E-state index contributed by atoms with van der Waals surface area (Å²) in [6.07, 6.45) is 2.13. The summed E-state index contributed by atoms with van der Waals surface area (Å²) in [7, 11) is 0. The molecule has 0 N–H and O–H groups in total. The van der Waals surface area contributed by atoms with Crippen molar-refractivity contribution in [2.24, 2.45) is 5.92 Å². The molecule has 2 aromatic rings. The molecular weight excluding hydrogens is 385 g/mol. The molecule has 6 nitrogen and oxygen atoms in total. The van der Waals surface area contributed by atoms with Gasteiger partial charge in [0.25, 0.3) is 5.88 Å². The number of rotatable bonds is 5. The van der Waals surface area contributed by atoms with E-state index in [9.17, 15) is 4.39 Å². The monoisotopic (exact) mass is 415 g/mol. The van der Waals surface area contributed by atoms with E-state index in [0.29, 0.717) is 49.1 Å². The van der Waals surface area contributed by atoms with Crippen LogP contribution in [0.5, 0.6) is 17.4 Å². The van der Waals surface area contributed by atoms with E-state index in [1.54, 1.807) is 0 Å². The van der Waals surface area contributed by atoms with Crippen molar-refractivity contribution in [3.8, 4) is 17.4 Å². The average molecular weight is 416 g/mol. The zero-order valence-corrected chi connectivity index (χ0v) is 18.2. The van der Waals surface area contributed by atoms with Crippen molar-refractivity contribution in [3.63, 3.8) is 0 Å². The Morgan fingerprint density at radius 3 is 2.63 bits per heavy atom. The number of ether oxygens (including phenoxy) is 3. The Morgan fingerprint density at radius 1 is 1.13 bits per heavy atom. The van der Waals surface area contributed by atoms with E-state index in [1.807, 2.05) is 32.9 Å². The van der Waals surface area contributed by atoms with Gasteiger partial charge in [-0.1, -0.05) is 0 Å². The maximum Gasteiger partial charge on any atom is 0.257 e. The summed E-state index contributed by atoms with van der Waals surface area (Å²) in [6, 6.07) is 5.51. The minimum atomic E-state index is -0.347. The summed E-state index contributed by atoms with van der Waals surface area (Å²) in [4.78, 5) is 11.2. The highest BCUT2D eigenvalue weighted by Crippen LogP contribution is 2.36. The van der Waals surface area contributed by atoms with Gasteiger partial charge in [-0.15, -0.1) is 0 Å². The average Bonchev–Trinajstić information content (AvgIpc) is 2.71. The number of halogens is 1. The molecule has 4 heterocycles. The molecular formula is C23H30FN3O3. The first kappa shape index (κ1) is 20.8. The van der Waals surface area contributed by atoms with Crippen LogP contribution in [0, 0.1) is 25.6 Å². The standard InChI is InChI=1S/C23H30FN3O3/c1-14-9-19(10-15(2)25-14)30-13-18-6-5-16(3)27(12-18)17(4)22-20(24)11-21-23(26-22)29-8-7-28-21/h9-11,16-18H,5-8,12-13H2,1-4H3/t16-,17-,18-/m0/s1. The Kier molecular flexibility index (Phi) is 6.09. The lowest BCUT2D eigenvalue weighted by atomic mass is 9.92. The van der Waals surface area contributed by atoms with Crippen molar-refractivity contribution in [1.29, 1.82) is 0 Å². The van der Waals surface area contributed by atoms with Gasteiger partial charge in [0.2, 0.25) is 0 Å². The molecule has 0 amide bonds. The van der Waals surface area contributed by atoms with Gasteiger partial charge in [-0.25, -0.2) is 9.37 Å². The second-order valence-electron chi connectivity index (χ2n) is 8.42. The maximum absolute atomic E-state index is 14.8. The summed E-state index contributed by atoms with van der Waals surface area (Å²) >= 11 is 0. The van der Waals surface area contributed by atoms with Crippen LogP contribution in [0.15, 0.2) is 18.2 Å². The zero-order valence-electron chi connectivity index (χ0n) is 18.2. The molecule has 0 saturated carbocycles. The van der Waals surface area contributed by atoms with Gasteiger partial charge in [0.1, 0.15) is 24.8 Å². The lowest BCUT2D eigenvalue weighted by Crippen LogP contribution is -2.45. The van der Waals surface area contributed by atoms with Crippen molar-refractivity contribution in [2.45, 2.75) is 52.6 Å². The van der Waals surface area contributed by atoms with Crippen LogP contribution in [0.4, 0.5) is 4.39 Å². The minimum absolute atomic E-state index is 0.163. The Labute approximate surface area is 177 Å². The predicted octanol–water partition coefficient (Wildman–Crippen LogP) is 4.24. The molecule has 0 radical (unpaired) electrons. The third kappa shape index (κ3) is 4.51. The van der Waals surface area contributed by atoms with Crippen molar-refractivity contribution in [3.05, 3.63) is 41.1 Å². The first-order chi connectivity index (χ1) is 14.4. The van der Waals surface area contributed by atoms with Crippen molar-refractivity contribution < 1.29 is 18.6 Å². The molecule has 2 aliphatic heterocycles. The van der Waals surface area contributed by atoms with E-state index in [0.717, 1.165) is 36.5 Å². The SMILES string of the molecule is Cc1cc(OC[C@H]2CC[C@H](C)N([C@@H](C)c3nc4c(cc3F)OCCO4)C2)cc(C)n1. The highest BCUT2D eigenvalue weighted by Gasteiger charge is 2.32. The van der Waals surface area contributed by atoms with Crippen LogP contribution in [-0.4, -0.2) is 47.3 Å². The van der Waals surface area contributed by atoms with Crippen molar-refractivity contribution in [1.82, 2.24) is 14.9 Å². The highest BCUT2D eigenvalue weighted by molar-refractivity contribution is 5.37. The molecule has 0 aromatic carbocycles. The number of pyridine rings is 2. The number of fused-ring (bicyclic) bond motifs is 1. The Hall–Kier alpha value is -2.41. The number of nitrogens with zero attached hydrogens (tertiary/aromatic N) is 3. The van der Waals surface area contributed by atoms with Crippen LogP contribution in [-0.2, 0) is 0 Å². The summed E-state index contributed by atoms with van der Waals surface area (Å²) in [5, 5.41) is 0. The predicted molar refractivity (Wildman–Crippen MR) is 112 cm³/mol. The second kappa shape index (κ2) is 8.76. The van der Waals surface area contributed by atoms with Gasteiger partial charge in [-0.2, -0.15) is 0 Å². The number of piperidine rings is 1. The van der Waals surface area contributed by atoms with E-state index < -0.39 is 0 Å². The molecule has 2 aromatic heterocycles. The van der Waals surface area contributed by atoms with Crippen LogP contribution in [0.3, 0.4) is 0 Å². The van der Waals surface area contributed by atoms with Gasteiger partial charge in [0.05, 0.1) is 18.3 Å². The smallest absolute Gasteiger partial charge is 0.257 e. The molecule has 3 atom stereocenters. The van der Waals surface area contributed by atoms with Gasteiger partial charge in [0, 0.05) is 48.1 Å². The van der Waals surface area contributed by atoms with E-state index >= 15 is 0 Å². The lowest BCUT2D eigenvalue weighted by molar-refractivity contribution is 0.0551. The fraction of sp³-hybridized carbons (Fsp3) is 0.565. The third-order valence-corrected chi connectivity index (χ3v) is 5.98. The van der Waals surface area contributed by atoms with E-state index in [1.165, 1.54) is 6.07 Å². The number of likely N-dealkylation sites (tertiary alicyclic amines) is 1. The van der Waals surface area contributed by atoms with Crippen molar-refractivity contribution >= 4 is 0 Å². The van der Waals surface area contributed by atoms with Crippen LogP contribution in [0.25, 0.3) is 0 Å². The molecule has 1 fully saturated rings. The van der Waals surface area contributed by atoms with Gasteiger partial charge in [0.15, 0.2) is 5.75 Å². The molecule has 0 aliphatic carbocycles. The van der Waals surface area contributed by atoms with Gasteiger partial charge in [-0.05, 0) is 40.5 Å². The molecule has 2 aliphatic rings. The topological polar surface area (TPSA) is 56.7 Å². The van der Waals surface area contributed by atoms with Crippen LogP contribution in [0.1, 0.15) is 49.8 Å². The van der Waals surface area contributed by atoms with Gasteiger partial charge >= 0.3 is 0 Å². The summed E-state index contributed by atoms with van der Waals surface area (Å²) in [5.41, 5.74) is 2.32. The summed E-state index contributed by atoms with van der Waals surface area (Å²) in [5.74, 6) is 1.66. The quantitative estimate of drug-likeness (QED) is 0.728. The van der Waals surface area contributed by atoms with Crippen molar-refractivity contribution in [2.75, 3.05) is 26.4 Å². The fourth-order valence-corrected chi connectivity index (χ4v) is 4.40. The second-order valence-corrected chi connectivity index (χ2v) is 8.42. The fourth-order valence-electron chi connectivity index (χ4n) is 4.40.